The molecule has 0 radical (unpaired) electrons. The fourth-order valence-electron chi connectivity index (χ4n) is 4.48. The SMILES string of the molecule is O=C(OCc1ccccc1)[C@@H]1COC(=O)N1C1CCN(C(=O)Cn2ccc(-c3cccs3)n2)CC1. The van der Waals surface area contributed by atoms with E-state index in [1.54, 1.807) is 20.9 Å². The molecule has 5 rings (SSSR count). The highest BCUT2D eigenvalue weighted by Gasteiger charge is 2.44. The van der Waals surface area contributed by atoms with Crippen LogP contribution in [0.1, 0.15) is 18.4 Å². The Balaban J connectivity index is 1.14. The minimum atomic E-state index is -0.766. The van der Waals surface area contributed by atoms with Gasteiger partial charge in [-0.2, -0.15) is 5.10 Å². The maximum absolute atomic E-state index is 12.8. The van der Waals surface area contributed by atoms with Crippen molar-refractivity contribution in [3.05, 3.63) is 65.7 Å². The van der Waals surface area contributed by atoms with E-state index in [0.717, 1.165) is 16.1 Å². The van der Waals surface area contributed by atoms with Crippen LogP contribution < -0.4 is 0 Å². The molecule has 9 nitrogen and oxygen atoms in total. The number of amides is 2. The lowest BCUT2D eigenvalue weighted by Crippen LogP contribution is -2.52. The molecule has 0 N–H and O–H groups in total. The number of carbonyl (C=O) groups is 3. The molecule has 1 aromatic carbocycles. The van der Waals surface area contributed by atoms with Crippen molar-refractivity contribution in [1.82, 2.24) is 19.6 Å². The van der Waals surface area contributed by atoms with Crippen LogP contribution in [0.2, 0.25) is 0 Å². The van der Waals surface area contributed by atoms with Gasteiger partial charge in [0.1, 0.15) is 25.5 Å². The number of aromatic nitrogens is 2. The lowest BCUT2D eigenvalue weighted by molar-refractivity contribution is -0.150. The van der Waals surface area contributed by atoms with E-state index >= 15 is 0 Å². The molecule has 35 heavy (non-hydrogen) atoms. The summed E-state index contributed by atoms with van der Waals surface area (Å²) in [4.78, 5) is 42.3. The Morgan fingerprint density at radius 3 is 2.63 bits per heavy atom. The topological polar surface area (TPSA) is 94.0 Å². The molecule has 0 saturated carbocycles. The highest BCUT2D eigenvalue weighted by atomic mass is 32.1. The van der Waals surface area contributed by atoms with Crippen LogP contribution in [-0.2, 0) is 32.2 Å². The van der Waals surface area contributed by atoms with E-state index in [-0.39, 0.29) is 31.7 Å². The smallest absolute Gasteiger partial charge is 0.410 e. The molecule has 2 fully saturated rings. The molecule has 2 aliphatic rings. The Labute approximate surface area is 206 Å². The Hall–Kier alpha value is -3.66. The number of piperidine rings is 1. The van der Waals surface area contributed by atoms with E-state index in [0.29, 0.717) is 25.9 Å². The van der Waals surface area contributed by atoms with Crippen molar-refractivity contribution >= 4 is 29.3 Å². The first-order chi connectivity index (χ1) is 17.1. The summed E-state index contributed by atoms with van der Waals surface area (Å²) in [6.45, 7) is 1.29. The first kappa shape index (κ1) is 23.1. The van der Waals surface area contributed by atoms with Gasteiger partial charge in [-0.1, -0.05) is 36.4 Å². The quantitative estimate of drug-likeness (QED) is 0.469. The molecule has 10 heteroatoms. The van der Waals surface area contributed by atoms with E-state index in [9.17, 15) is 14.4 Å². The van der Waals surface area contributed by atoms with Crippen molar-refractivity contribution in [1.29, 1.82) is 0 Å². The third-order valence-electron chi connectivity index (χ3n) is 6.33. The Morgan fingerprint density at radius 2 is 1.89 bits per heavy atom. The summed E-state index contributed by atoms with van der Waals surface area (Å²) in [5.41, 5.74) is 1.73. The third kappa shape index (κ3) is 5.22. The number of thiophene rings is 1. The number of cyclic esters (lactones) is 1. The number of hydrogen-bond donors (Lipinski definition) is 0. The molecule has 2 saturated heterocycles. The van der Waals surface area contributed by atoms with Crippen LogP contribution in [0.5, 0.6) is 0 Å². The highest BCUT2D eigenvalue weighted by Crippen LogP contribution is 2.26. The Morgan fingerprint density at radius 1 is 1.09 bits per heavy atom. The van der Waals surface area contributed by atoms with Gasteiger partial charge in [0, 0.05) is 25.3 Å². The van der Waals surface area contributed by atoms with Crippen LogP contribution in [0.4, 0.5) is 4.79 Å². The molecule has 0 unspecified atom stereocenters. The van der Waals surface area contributed by atoms with E-state index in [1.807, 2.05) is 60.1 Å². The fraction of sp³-hybridized carbons (Fsp3) is 0.360. The summed E-state index contributed by atoms with van der Waals surface area (Å²) in [7, 11) is 0. The third-order valence-corrected chi connectivity index (χ3v) is 7.22. The number of benzene rings is 1. The minimum Gasteiger partial charge on any atom is -0.459 e. The summed E-state index contributed by atoms with van der Waals surface area (Å²) < 4.78 is 12.3. The van der Waals surface area contributed by atoms with Crippen molar-refractivity contribution in [2.45, 2.75) is 38.1 Å². The number of rotatable bonds is 7. The van der Waals surface area contributed by atoms with Crippen LogP contribution in [0.25, 0.3) is 10.6 Å². The predicted molar refractivity (Wildman–Crippen MR) is 128 cm³/mol. The van der Waals surface area contributed by atoms with Crippen molar-refractivity contribution in [3.63, 3.8) is 0 Å². The number of hydrogen-bond acceptors (Lipinski definition) is 7. The van der Waals surface area contributed by atoms with Crippen LogP contribution >= 0.6 is 11.3 Å². The predicted octanol–water partition coefficient (Wildman–Crippen LogP) is 3.17. The van der Waals surface area contributed by atoms with Gasteiger partial charge >= 0.3 is 12.1 Å². The van der Waals surface area contributed by atoms with Gasteiger partial charge < -0.3 is 14.4 Å². The van der Waals surface area contributed by atoms with E-state index in [1.165, 1.54) is 4.90 Å². The standard InChI is InChI=1S/C25H26N4O5S/c30-23(15-28-13-10-20(26-28)22-7-4-14-35-22)27-11-8-19(9-12-27)29-21(17-34-25(29)32)24(31)33-16-18-5-2-1-3-6-18/h1-7,10,13-14,19,21H,8-9,11-12,15-17H2/t21-/m0/s1. The van der Waals surface area contributed by atoms with Crippen LogP contribution in [-0.4, -0.2) is 69.3 Å². The van der Waals surface area contributed by atoms with Crippen LogP contribution in [0.15, 0.2) is 60.1 Å². The summed E-state index contributed by atoms with van der Waals surface area (Å²) >= 11 is 1.61. The average Bonchev–Trinajstić information content (AvgIpc) is 3.64. The van der Waals surface area contributed by atoms with E-state index in [4.69, 9.17) is 9.47 Å². The number of esters is 1. The van der Waals surface area contributed by atoms with Crippen LogP contribution in [0.3, 0.4) is 0 Å². The van der Waals surface area contributed by atoms with Crippen molar-refractivity contribution in [3.8, 4) is 10.6 Å². The largest absolute Gasteiger partial charge is 0.459 e. The lowest BCUT2D eigenvalue weighted by atomic mass is 10.0. The van der Waals surface area contributed by atoms with Crippen molar-refractivity contribution in [2.24, 2.45) is 0 Å². The second-order valence-corrected chi connectivity index (χ2v) is 9.53. The zero-order valence-electron chi connectivity index (χ0n) is 19.1. The average molecular weight is 495 g/mol. The molecule has 4 heterocycles. The van der Waals surface area contributed by atoms with Crippen molar-refractivity contribution < 1.29 is 23.9 Å². The molecule has 1 atom stereocenters. The van der Waals surface area contributed by atoms with Gasteiger partial charge in [0.05, 0.1) is 4.88 Å². The van der Waals surface area contributed by atoms with Gasteiger partial charge in [0.15, 0.2) is 6.04 Å². The normalized spacial score (nSPS) is 18.5. The minimum absolute atomic E-state index is 0.0164. The summed E-state index contributed by atoms with van der Waals surface area (Å²) in [6, 6.07) is 14.3. The molecule has 2 amide bonds. The van der Waals surface area contributed by atoms with Crippen molar-refractivity contribution in [2.75, 3.05) is 19.7 Å². The molecule has 0 bridgehead atoms. The monoisotopic (exact) mass is 494 g/mol. The van der Waals surface area contributed by atoms with Gasteiger partial charge in [-0.25, -0.2) is 9.59 Å². The lowest BCUT2D eigenvalue weighted by Gasteiger charge is -2.37. The second kappa shape index (κ2) is 10.3. The Kier molecular flexibility index (Phi) is 6.80. The molecule has 0 spiro atoms. The zero-order valence-corrected chi connectivity index (χ0v) is 19.9. The second-order valence-electron chi connectivity index (χ2n) is 8.58. The molecule has 182 valence electrons. The first-order valence-corrected chi connectivity index (χ1v) is 12.5. The Bertz CT molecular complexity index is 1170. The number of ether oxygens (including phenoxy) is 2. The van der Waals surface area contributed by atoms with Gasteiger partial charge in [0.2, 0.25) is 5.91 Å². The highest BCUT2D eigenvalue weighted by molar-refractivity contribution is 7.13. The number of likely N-dealkylation sites (tertiary alicyclic amines) is 1. The maximum atomic E-state index is 12.8. The number of nitrogens with zero attached hydrogens (tertiary/aromatic N) is 4. The fourth-order valence-corrected chi connectivity index (χ4v) is 5.17. The number of carbonyl (C=O) groups excluding carboxylic acids is 3. The van der Waals surface area contributed by atoms with E-state index < -0.39 is 18.1 Å². The van der Waals surface area contributed by atoms with Gasteiger partial charge in [-0.05, 0) is 35.9 Å². The van der Waals surface area contributed by atoms with Gasteiger partial charge in [-0.3, -0.25) is 14.4 Å². The van der Waals surface area contributed by atoms with Crippen LogP contribution in [0, 0.1) is 0 Å². The molecular weight excluding hydrogens is 468 g/mol. The summed E-state index contributed by atoms with van der Waals surface area (Å²) in [6.07, 6.45) is 2.45. The first-order valence-electron chi connectivity index (χ1n) is 11.6. The summed E-state index contributed by atoms with van der Waals surface area (Å²) in [5, 5.41) is 6.50. The molecule has 2 aliphatic heterocycles. The van der Waals surface area contributed by atoms with E-state index in [2.05, 4.69) is 5.10 Å². The zero-order chi connectivity index (χ0) is 24.2. The summed E-state index contributed by atoms with van der Waals surface area (Å²) in [5.74, 6) is -0.495. The van der Waals surface area contributed by atoms with Gasteiger partial charge in [-0.15, -0.1) is 11.3 Å². The molecule has 2 aromatic heterocycles. The molecule has 0 aliphatic carbocycles. The molecule has 3 aromatic rings. The van der Waals surface area contributed by atoms with Gasteiger partial charge in [0.25, 0.3) is 0 Å². The maximum Gasteiger partial charge on any atom is 0.410 e. The molecular formula is C25H26N4O5S.